The first kappa shape index (κ1) is 13.9. The molecule has 3 rings (SSSR count). The molecule has 0 spiro atoms. The predicted molar refractivity (Wildman–Crippen MR) is 82.3 cm³/mol. The van der Waals surface area contributed by atoms with Crippen molar-refractivity contribution in [3.63, 3.8) is 0 Å². The van der Waals surface area contributed by atoms with Gasteiger partial charge >= 0.3 is 0 Å². The van der Waals surface area contributed by atoms with Crippen molar-refractivity contribution in [2.75, 3.05) is 0 Å². The quantitative estimate of drug-likeness (QED) is 0.694. The van der Waals surface area contributed by atoms with Crippen molar-refractivity contribution in [1.82, 2.24) is 20.0 Å². The first-order chi connectivity index (χ1) is 10.1. The Morgan fingerprint density at radius 3 is 2.52 bits per heavy atom. The van der Waals surface area contributed by atoms with Crippen LogP contribution in [0.5, 0.6) is 0 Å². The van der Waals surface area contributed by atoms with E-state index in [1.165, 1.54) is 11.3 Å². The largest absolute Gasteiger partial charge is 0.296 e. The van der Waals surface area contributed by atoms with Crippen LogP contribution in [0.2, 0.25) is 5.02 Å². The molecule has 0 bridgehead atoms. The number of nitrogens with zero attached hydrogens (tertiary/aromatic N) is 4. The van der Waals surface area contributed by atoms with Gasteiger partial charge in [0.1, 0.15) is 5.69 Å². The highest BCUT2D eigenvalue weighted by Gasteiger charge is 2.18. The second kappa shape index (κ2) is 5.38. The number of hydrogen-bond acceptors (Lipinski definition) is 5. The van der Waals surface area contributed by atoms with E-state index in [0.717, 1.165) is 16.1 Å². The third-order valence-electron chi connectivity index (χ3n) is 3.12. The topological polar surface area (TPSA) is 60.7 Å². The van der Waals surface area contributed by atoms with Gasteiger partial charge in [0.05, 0.1) is 5.69 Å². The van der Waals surface area contributed by atoms with E-state index < -0.39 is 0 Å². The van der Waals surface area contributed by atoms with Crippen molar-refractivity contribution in [3.8, 4) is 16.4 Å². The molecule has 1 aromatic carbocycles. The van der Waals surface area contributed by atoms with E-state index in [-0.39, 0.29) is 5.69 Å². The molecule has 0 aliphatic heterocycles. The highest BCUT2D eigenvalue weighted by Crippen LogP contribution is 2.28. The number of hydrogen-bond donors (Lipinski definition) is 0. The molecular weight excluding hydrogens is 308 g/mol. The zero-order chi connectivity index (χ0) is 15.0. The van der Waals surface area contributed by atoms with Crippen molar-refractivity contribution in [1.29, 1.82) is 0 Å². The zero-order valence-corrected chi connectivity index (χ0v) is 12.9. The van der Waals surface area contributed by atoms with Gasteiger partial charge in [-0.05, 0) is 26.0 Å². The van der Waals surface area contributed by atoms with Crippen LogP contribution in [-0.4, -0.2) is 26.3 Å². The van der Waals surface area contributed by atoms with Crippen LogP contribution in [0.4, 0.5) is 0 Å². The average Bonchev–Trinajstić information content (AvgIpc) is 3.04. The molecule has 21 heavy (non-hydrogen) atoms. The van der Waals surface area contributed by atoms with E-state index in [1.807, 2.05) is 26.0 Å². The number of benzene rings is 1. The SMILES string of the molecule is Cc1nc(-n2nnc(C=O)c2-c2ccc(Cl)cc2)sc1C. The van der Waals surface area contributed by atoms with E-state index in [9.17, 15) is 4.79 Å². The highest BCUT2D eigenvalue weighted by atomic mass is 35.5. The van der Waals surface area contributed by atoms with E-state index in [0.29, 0.717) is 22.1 Å². The van der Waals surface area contributed by atoms with Crippen LogP contribution in [0.1, 0.15) is 21.1 Å². The van der Waals surface area contributed by atoms with Crippen LogP contribution in [0.3, 0.4) is 0 Å². The van der Waals surface area contributed by atoms with Gasteiger partial charge in [0.25, 0.3) is 0 Å². The number of halogens is 1. The molecule has 0 N–H and O–H groups in total. The van der Waals surface area contributed by atoms with Gasteiger partial charge in [-0.25, -0.2) is 4.98 Å². The standard InChI is InChI=1S/C14H11ClN4OS/c1-8-9(2)21-14(16-8)19-13(12(7-20)17-18-19)10-3-5-11(15)6-4-10/h3-7H,1-2H3. The van der Waals surface area contributed by atoms with Crippen molar-refractivity contribution in [3.05, 3.63) is 45.6 Å². The number of aryl methyl sites for hydroxylation is 2. The molecule has 7 heteroatoms. The smallest absolute Gasteiger partial charge is 0.212 e. The van der Waals surface area contributed by atoms with Crippen LogP contribution in [0.15, 0.2) is 24.3 Å². The molecule has 0 saturated heterocycles. The van der Waals surface area contributed by atoms with E-state index >= 15 is 0 Å². The number of aromatic nitrogens is 4. The van der Waals surface area contributed by atoms with Gasteiger partial charge in [-0.2, -0.15) is 4.68 Å². The van der Waals surface area contributed by atoms with Crippen LogP contribution in [0, 0.1) is 13.8 Å². The molecule has 0 fully saturated rings. The van der Waals surface area contributed by atoms with Crippen LogP contribution in [0.25, 0.3) is 16.4 Å². The molecule has 2 heterocycles. The monoisotopic (exact) mass is 318 g/mol. The Labute approximate surface area is 130 Å². The lowest BCUT2D eigenvalue weighted by Crippen LogP contribution is -1.99. The number of thiazole rings is 1. The van der Waals surface area contributed by atoms with Gasteiger partial charge in [-0.1, -0.05) is 40.3 Å². The molecule has 0 unspecified atom stereocenters. The first-order valence-electron chi connectivity index (χ1n) is 6.21. The maximum atomic E-state index is 11.2. The molecule has 0 aliphatic rings. The van der Waals surface area contributed by atoms with Crippen molar-refractivity contribution >= 4 is 29.2 Å². The van der Waals surface area contributed by atoms with Gasteiger partial charge in [0, 0.05) is 15.5 Å². The summed E-state index contributed by atoms with van der Waals surface area (Å²) in [6.07, 6.45) is 0.695. The van der Waals surface area contributed by atoms with Crippen molar-refractivity contribution in [2.24, 2.45) is 0 Å². The number of carbonyl (C=O) groups is 1. The Morgan fingerprint density at radius 2 is 1.95 bits per heavy atom. The van der Waals surface area contributed by atoms with Gasteiger partial charge < -0.3 is 0 Å². The maximum Gasteiger partial charge on any atom is 0.212 e. The summed E-state index contributed by atoms with van der Waals surface area (Å²) in [5.41, 5.74) is 2.66. The Hall–Kier alpha value is -2.05. The summed E-state index contributed by atoms with van der Waals surface area (Å²) in [5.74, 6) is 0. The molecular formula is C14H11ClN4OS. The third-order valence-corrected chi connectivity index (χ3v) is 4.42. The number of rotatable bonds is 3. The normalized spacial score (nSPS) is 10.8. The lowest BCUT2D eigenvalue weighted by Gasteiger charge is -2.04. The average molecular weight is 319 g/mol. The highest BCUT2D eigenvalue weighted by molar-refractivity contribution is 7.14. The van der Waals surface area contributed by atoms with Gasteiger partial charge in [-0.3, -0.25) is 4.79 Å². The lowest BCUT2D eigenvalue weighted by atomic mass is 10.1. The molecule has 0 saturated carbocycles. The van der Waals surface area contributed by atoms with E-state index in [1.54, 1.807) is 16.8 Å². The third kappa shape index (κ3) is 2.48. The maximum absolute atomic E-state index is 11.2. The number of carbonyl (C=O) groups excluding carboxylic acids is 1. The van der Waals surface area contributed by atoms with Crippen LogP contribution in [-0.2, 0) is 0 Å². The number of aldehydes is 1. The van der Waals surface area contributed by atoms with Crippen LogP contribution < -0.4 is 0 Å². The minimum absolute atomic E-state index is 0.280. The molecule has 0 aliphatic carbocycles. The Balaban J connectivity index is 2.20. The molecule has 0 atom stereocenters. The summed E-state index contributed by atoms with van der Waals surface area (Å²) in [6.45, 7) is 3.94. The van der Waals surface area contributed by atoms with Gasteiger partial charge in [-0.15, -0.1) is 5.10 Å². The minimum Gasteiger partial charge on any atom is -0.296 e. The molecule has 3 aromatic rings. The summed E-state index contributed by atoms with van der Waals surface area (Å²) in [7, 11) is 0. The van der Waals surface area contributed by atoms with Gasteiger partial charge in [0.15, 0.2) is 12.0 Å². The van der Waals surface area contributed by atoms with E-state index in [4.69, 9.17) is 11.6 Å². The summed E-state index contributed by atoms with van der Waals surface area (Å²) in [5, 5.41) is 9.31. The van der Waals surface area contributed by atoms with Gasteiger partial charge in [0.2, 0.25) is 5.13 Å². The van der Waals surface area contributed by atoms with Crippen molar-refractivity contribution < 1.29 is 4.79 Å². The second-order valence-corrected chi connectivity index (χ2v) is 6.12. The fourth-order valence-corrected chi connectivity index (χ4v) is 2.92. The Kier molecular flexibility index (Phi) is 3.57. The van der Waals surface area contributed by atoms with Crippen LogP contribution >= 0.6 is 22.9 Å². The summed E-state index contributed by atoms with van der Waals surface area (Å²) < 4.78 is 1.59. The lowest BCUT2D eigenvalue weighted by molar-refractivity contribution is 0.111. The summed E-state index contributed by atoms with van der Waals surface area (Å²) in [6, 6.07) is 7.19. The van der Waals surface area contributed by atoms with E-state index in [2.05, 4.69) is 15.3 Å². The Morgan fingerprint density at radius 1 is 1.24 bits per heavy atom. The Bertz CT molecular complexity index is 787. The minimum atomic E-state index is 0.280. The fraction of sp³-hybridized carbons (Fsp3) is 0.143. The molecule has 5 nitrogen and oxygen atoms in total. The molecule has 106 valence electrons. The molecule has 0 radical (unpaired) electrons. The zero-order valence-electron chi connectivity index (χ0n) is 11.4. The van der Waals surface area contributed by atoms with Crippen molar-refractivity contribution in [2.45, 2.75) is 13.8 Å². The fourth-order valence-electron chi connectivity index (χ4n) is 1.93. The predicted octanol–water partition coefficient (Wildman–Crippen LogP) is 3.47. The second-order valence-electron chi connectivity index (χ2n) is 4.50. The molecule has 0 amide bonds. The molecule has 2 aromatic heterocycles. The first-order valence-corrected chi connectivity index (χ1v) is 7.41. The summed E-state index contributed by atoms with van der Waals surface area (Å²) in [4.78, 5) is 16.8. The summed E-state index contributed by atoms with van der Waals surface area (Å²) >= 11 is 7.42.